The molecule has 3 aromatic rings. The Balaban J connectivity index is 1.48. The largest absolute Gasteiger partial charge is 0.497 e. The third kappa shape index (κ3) is 3.93. The summed E-state index contributed by atoms with van der Waals surface area (Å²) in [4.78, 5) is 12.4. The van der Waals surface area contributed by atoms with Crippen LogP contribution in [0.15, 0.2) is 42.5 Å². The molecule has 1 atom stereocenters. The van der Waals surface area contributed by atoms with Gasteiger partial charge in [0.2, 0.25) is 0 Å². The molecule has 1 saturated heterocycles. The quantitative estimate of drug-likeness (QED) is 0.725. The number of aromatic nitrogens is 3. The van der Waals surface area contributed by atoms with Crippen molar-refractivity contribution in [3.8, 4) is 5.75 Å². The summed E-state index contributed by atoms with van der Waals surface area (Å²) in [5.74, 6) is 0.692. The van der Waals surface area contributed by atoms with Crippen molar-refractivity contribution >= 4 is 16.9 Å². The number of ether oxygens (including phenoxy) is 2. The molecular formula is C20H22N4O3. The Bertz CT molecular complexity index is 947. The number of rotatable bonds is 6. The van der Waals surface area contributed by atoms with E-state index in [1.165, 1.54) is 0 Å². The number of nitrogens with zero attached hydrogens (tertiary/aromatic N) is 3. The van der Waals surface area contributed by atoms with E-state index >= 15 is 0 Å². The fraction of sp³-hybridized carbons (Fsp3) is 0.350. The highest BCUT2D eigenvalue weighted by molar-refractivity contribution is 5.97. The van der Waals surface area contributed by atoms with E-state index in [4.69, 9.17) is 9.47 Å². The lowest BCUT2D eigenvalue weighted by Gasteiger charge is -2.10. The maximum atomic E-state index is 12.4. The average Bonchev–Trinajstić information content (AvgIpc) is 3.36. The van der Waals surface area contributed by atoms with Crippen molar-refractivity contribution in [1.29, 1.82) is 0 Å². The summed E-state index contributed by atoms with van der Waals surface area (Å²) in [5.41, 5.74) is 3.23. The lowest BCUT2D eigenvalue weighted by atomic mass is 10.1. The molecule has 0 bridgehead atoms. The molecule has 2 aromatic carbocycles. The first-order valence-corrected chi connectivity index (χ1v) is 9.09. The van der Waals surface area contributed by atoms with Crippen molar-refractivity contribution in [3.63, 3.8) is 0 Å². The van der Waals surface area contributed by atoms with Gasteiger partial charge in [0.1, 0.15) is 11.3 Å². The average molecular weight is 366 g/mol. The highest BCUT2D eigenvalue weighted by Crippen LogP contribution is 2.18. The minimum Gasteiger partial charge on any atom is -0.497 e. The fourth-order valence-corrected chi connectivity index (χ4v) is 3.29. The Kier molecular flexibility index (Phi) is 5.02. The Labute approximate surface area is 157 Å². The lowest BCUT2D eigenvalue weighted by molar-refractivity contribution is 0.0858. The van der Waals surface area contributed by atoms with Gasteiger partial charge in [-0.3, -0.25) is 4.79 Å². The van der Waals surface area contributed by atoms with Crippen LogP contribution in [0.1, 0.15) is 28.8 Å². The topological polar surface area (TPSA) is 78.3 Å². The molecule has 1 fully saturated rings. The van der Waals surface area contributed by atoms with Crippen LogP contribution in [0.5, 0.6) is 5.75 Å². The number of nitrogens with one attached hydrogen (secondary N) is 1. The van der Waals surface area contributed by atoms with Gasteiger partial charge in [0.05, 0.1) is 25.3 Å². The molecule has 1 aliphatic rings. The molecule has 2 heterocycles. The van der Waals surface area contributed by atoms with Gasteiger partial charge in [0, 0.05) is 18.7 Å². The van der Waals surface area contributed by atoms with E-state index in [1.807, 2.05) is 35.0 Å². The summed E-state index contributed by atoms with van der Waals surface area (Å²) < 4.78 is 12.6. The third-order valence-corrected chi connectivity index (χ3v) is 4.76. The monoisotopic (exact) mass is 366 g/mol. The number of carbonyl (C=O) groups excluding carboxylic acids is 1. The van der Waals surface area contributed by atoms with Gasteiger partial charge in [0.15, 0.2) is 0 Å². The van der Waals surface area contributed by atoms with E-state index in [-0.39, 0.29) is 12.0 Å². The second-order valence-corrected chi connectivity index (χ2v) is 6.65. The Morgan fingerprint density at radius 2 is 2.26 bits per heavy atom. The first kappa shape index (κ1) is 17.5. The van der Waals surface area contributed by atoms with E-state index in [2.05, 4.69) is 15.6 Å². The maximum Gasteiger partial charge on any atom is 0.251 e. The van der Waals surface area contributed by atoms with Crippen LogP contribution in [0.4, 0.5) is 0 Å². The zero-order valence-electron chi connectivity index (χ0n) is 15.2. The first-order chi connectivity index (χ1) is 13.2. The summed E-state index contributed by atoms with van der Waals surface area (Å²) in [6, 6.07) is 13.3. The van der Waals surface area contributed by atoms with E-state index in [1.54, 1.807) is 19.2 Å². The minimum absolute atomic E-state index is 0.116. The fourth-order valence-electron chi connectivity index (χ4n) is 3.29. The summed E-state index contributed by atoms with van der Waals surface area (Å²) in [6.45, 7) is 1.90. The Hall–Kier alpha value is -2.93. The van der Waals surface area contributed by atoms with E-state index in [0.29, 0.717) is 24.2 Å². The van der Waals surface area contributed by atoms with Crippen molar-refractivity contribution in [1.82, 2.24) is 20.3 Å². The van der Waals surface area contributed by atoms with Crippen molar-refractivity contribution in [2.24, 2.45) is 0 Å². The number of carbonyl (C=O) groups is 1. The van der Waals surface area contributed by atoms with Crippen LogP contribution < -0.4 is 10.1 Å². The van der Waals surface area contributed by atoms with Crippen LogP contribution >= 0.6 is 0 Å². The predicted molar refractivity (Wildman–Crippen MR) is 101 cm³/mol. The molecule has 27 heavy (non-hydrogen) atoms. The van der Waals surface area contributed by atoms with Crippen molar-refractivity contribution in [3.05, 3.63) is 53.6 Å². The second-order valence-electron chi connectivity index (χ2n) is 6.65. The third-order valence-electron chi connectivity index (χ3n) is 4.76. The summed E-state index contributed by atoms with van der Waals surface area (Å²) >= 11 is 0. The van der Waals surface area contributed by atoms with Crippen LogP contribution in [0.25, 0.3) is 11.0 Å². The van der Waals surface area contributed by atoms with Gasteiger partial charge in [0.25, 0.3) is 5.91 Å². The molecule has 1 N–H and O–H groups in total. The van der Waals surface area contributed by atoms with E-state index in [9.17, 15) is 4.79 Å². The van der Waals surface area contributed by atoms with Gasteiger partial charge in [-0.1, -0.05) is 17.3 Å². The molecule has 4 rings (SSSR count). The van der Waals surface area contributed by atoms with Crippen LogP contribution in [-0.2, 0) is 11.3 Å². The molecule has 1 amide bonds. The molecule has 1 aromatic heterocycles. The Morgan fingerprint density at radius 3 is 3.07 bits per heavy atom. The molecule has 7 heteroatoms. The van der Waals surface area contributed by atoms with Crippen molar-refractivity contribution in [2.75, 3.05) is 20.3 Å². The number of hydrogen-bond donors (Lipinski definition) is 1. The summed E-state index contributed by atoms with van der Waals surface area (Å²) in [6.07, 6.45) is 2.18. The van der Waals surface area contributed by atoms with Gasteiger partial charge < -0.3 is 14.8 Å². The highest BCUT2D eigenvalue weighted by Gasteiger charge is 2.17. The van der Waals surface area contributed by atoms with Crippen LogP contribution in [0.2, 0.25) is 0 Å². The van der Waals surface area contributed by atoms with Crippen LogP contribution in [-0.4, -0.2) is 47.3 Å². The molecule has 0 spiro atoms. The van der Waals surface area contributed by atoms with Gasteiger partial charge in [-0.05, 0) is 48.7 Å². The molecule has 0 radical (unpaired) electrons. The molecule has 0 saturated carbocycles. The smallest absolute Gasteiger partial charge is 0.251 e. The van der Waals surface area contributed by atoms with Gasteiger partial charge in [-0.25, -0.2) is 4.68 Å². The molecule has 0 unspecified atom stereocenters. The number of amides is 1. The van der Waals surface area contributed by atoms with E-state index < -0.39 is 0 Å². The number of hydrogen-bond acceptors (Lipinski definition) is 5. The molecule has 0 aliphatic carbocycles. The van der Waals surface area contributed by atoms with Crippen molar-refractivity contribution in [2.45, 2.75) is 25.5 Å². The molecule has 1 aliphatic heterocycles. The predicted octanol–water partition coefficient (Wildman–Crippen LogP) is 2.40. The second kappa shape index (κ2) is 7.75. The highest BCUT2D eigenvalue weighted by atomic mass is 16.5. The lowest BCUT2D eigenvalue weighted by Crippen LogP contribution is -2.31. The SMILES string of the molecule is COc1cccc(Cn2nnc3cc(C(=O)NC[C@@H]4CCCO4)ccc32)c1. The van der Waals surface area contributed by atoms with Gasteiger partial charge >= 0.3 is 0 Å². The first-order valence-electron chi connectivity index (χ1n) is 9.09. The van der Waals surface area contributed by atoms with Gasteiger partial charge in [-0.2, -0.15) is 0 Å². The normalized spacial score (nSPS) is 16.6. The van der Waals surface area contributed by atoms with E-state index in [0.717, 1.165) is 36.3 Å². The zero-order valence-corrected chi connectivity index (χ0v) is 15.2. The van der Waals surface area contributed by atoms with Gasteiger partial charge in [-0.15, -0.1) is 5.10 Å². The number of benzene rings is 2. The summed E-state index contributed by atoms with van der Waals surface area (Å²) in [5, 5.41) is 11.4. The Morgan fingerprint density at radius 1 is 1.33 bits per heavy atom. The molecule has 140 valence electrons. The summed E-state index contributed by atoms with van der Waals surface area (Å²) in [7, 11) is 1.65. The number of fused-ring (bicyclic) bond motifs is 1. The maximum absolute atomic E-state index is 12.4. The zero-order chi connectivity index (χ0) is 18.6. The van der Waals surface area contributed by atoms with Crippen LogP contribution in [0.3, 0.4) is 0 Å². The minimum atomic E-state index is -0.116. The van der Waals surface area contributed by atoms with Crippen molar-refractivity contribution < 1.29 is 14.3 Å². The van der Waals surface area contributed by atoms with Crippen LogP contribution in [0, 0.1) is 0 Å². The molecular weight excluding hydrogens is 344 g/mol. The molecule has 7 nitrogen and oxygen atoms in total. The standard InChI is InChI=1S/C20H22N4O3/c1-26-16-5-2-4-14(10-16)13-24-19-8-7-15(11-18(19)22-23-24)20(25)21-12-17-6-3-9-27-17/h2,4-5,7-8,10-11,17H,3,6,9,12-13H2,1H3,(H,21,25)/t17-/m0/s1. The number of methoxy groups -OCH3 is 1.